The summed E-state index contributed by atoms with van der Waals surface area (Å²) in [5.74, 6) is 0.383. The first kappa shape index (κ1) is 26.5. The molecule has 3 aromatic heterocycles. The second kappa shape index (κ2) is 10.7. The van der Waals surface area contributed by atoms with Crippen molar-refractivity contribution >= 4 is 27.8 Å². The Hall–Kier alpha value is -3.77. The maximum Gasteiger partial charge on any atom is 0.252 e. The number of hydrogen-bond donors (Lipinski definition) is 0. The molecule has 2 fully saturated rings. The summed E-state index contributed by atoms with van der Waals surface area (Å²) in [5, 5.41) is 14.9. The van der Waals surface area contributed by atoms with Crippen LogP contribution in [0.5, 0.6) is 0 Å². The summed E-state index contributed by atoms with van der Waals surface area (Å²) in [7, 11) is 1.80. The smallest absolute Gasteiger partial charge is 0.252 e. The topological polar surface area (TPSA) is 95.9 Å². The summed E-state index contributed by atoms with van der Waals surface area (Å²) < 4.78 is 3.57. The molecule has 0 radical (unpaired) electrons. The molecule has 4 atom stereocenters. The van der Waals surface area contributed by atoms with Gasteiger partial charge in [-0.25, -0.2) is 0 Å². The Morgan fingerprint density at radius 2 is 1.80 bits per heavy atom. The van der Waals surface area contributed by atoms with Crippen molar-refractivity contribution in [2.75, 3.05) is 18.0 Å². The Bertz CT molecular complexity index is 1630. The van der Waals surface area contributed by atoms with Crippen LogP contribution < -0.4 is 10.5 Å². The van der Waals surface area contributed by atoms with Gasteiger partial charge in [-0.1, -0.05) is 18.9 Å². The predicted molar refractivity (Wildman–Crippen MR) is 157 cm³/mol. The van der Waals surface area contributed by atoms with Crippen LogP contribution in [0.2, 0.25) is 0 Å². The molecule has 1 aliphatic heterocycles. The molecule has 208 valence electrons. The Kier molecular flexibility index (Phi) is 7.05. The molecule has 9 heteroatoms. The van der Waals surface area contributed by atoms with Crippen molar-refractivity contribution in [2.45, 2.75) is 71.1 Å². The Morgan fingerprint density at radius 3 is 2.55 bits per heavy atom. The standard InChI is InChI=1S/C31H38N8O/c1-20-17-39(21(2)16-38(20)22(3)24-9-10-26-27(13-24)34-12-11-33-26)28-14-30(40)36(4)29-19-37(35-31(28)29)18-25(15-32)23-7-5-6-8-23/h9-14,19-23,25H,5-8,16-18H2,1-4H3/t20-,21+,22?,25?/m1/s1. The predicted octanol–water partition coefficient (Wildman–Crippen LogP) is 4.67. The van der Waals surface area contributed by atoms with E-state index in [-0.39, 0.29) is 29.6 Å². The average molecular weight is 539 g/mol. The van der Waals surface area contributed by atoms with E-state index in [0.717, 1.165) is 53.7 Å². The molecule has 6 rings (SSSR count). The van der Waals surface area contributed by atoms with Gasteiger partial charge < -0.3 is 9.47 Å². The van der Waals surface area contributed by atoms with Gasteiger partial charge in [-0.2, -0.15) is 10.4 Å². The minimum absolute atomic E-state index is 0.0393. The normalized spacial score (nSPS) is 22.1. The SMILES string of the molecule is CC(c1ccc2nccnc2c1)N1C[C@H](C)N(c2cc(=O)n(C)c3cn(CC(C#N)C4CCCC4)nc23)C[C@H]1C. The molecule has 0 amide bonds. The first-order valence-corrected chi connectivity index (χ1v) is 14.5. The Morgan fingerprint density at radius 1 is 1.05 bits per heavy atom. The lowest BCUT2D eigenvalue weighted by atomic mass is 9.92. The molecular formula is C31H38N8O. The van der Waals surface area contributed by atoms with Crippen LogP contribution in [0.4, 0.5) is 5.69 Å². The van der Waals surface area contributed by atoms with Crippen molar-refractivity contribution < 1.29 is 0 Å². The van der Waals surface area contributed by atoms with Crippen molar-refractivity contribution in [3.63, 3.8) is 0 Å². The lowest BCUT2D eigenvalue weighted by molar-refractivity contribution is 0.119. The third-order valence-corrected chi connectivity index (χ3v) is 9.27. The van der Waals surface area contributed by atoms with Crippen LogP contribution in [0.3, 0.4) is 0 Å². The molecule has 9 nitrogen and oxygen atoms in total. The number of nitrogens with zero attached hydrogens (tertiary/aromatic N) is 8. The van der Waals surface area contributed by atoms with Gasteiger partial charge in [0.1, 0.15) is 5.52 Å². The van der Waals surface area contributed by atoms with E-state index >= 15 is 0 Å². The fourth-order valence-electron chi connectivity index (χ4n) is 6.87. The van der Waals surface area contributed by atoms with E-state index in [9.17, 15) is 10.1 Å². The lowest BCUT2D eigenvalue weighted by Gasteiger charge is -2.47. The van der Waals surface area contributed by atoms with E-state index in [0.29, 0.717) is 12.5 Å². The maximum absolute atomic E-state index is 13.1. The van der Waals surface area contributed by atoms with Crippen molar-refractivity contribution in [3.8, 4) is 6.07 Å². The minimum atomic E-state index is -0.0534. The van der Waals surface area contributed by atoms with Crippen molar-refractivity contribution in [2.24, 2.45) is 18.9 Å². The largest absolute Gasteiger partial charge is 0.364 e. The Balaban J connectivity index is 1.27. The van der Waals surface area contributed by atoms with Gasteiger partial charge in [0, 0.05) is 62.9 Å². The summed E-state index contributed by atoms with van der Waals surface area (Å²) in [6.07, 6.45) is 10.1. The zero-order chi connectivity index (χ0) is 28.0. The van der Waals surface area contributed by atoms with Gasteiger partial charge in [-0.3, -0.25) is 24.3 Å². The third-order valence-electron chi connectivity index (χ3n) is 9.27. The van der Waals surface area contributed by atoms with Gasteiger partial charge in [0.15, 0.2) is 0 Å². The molecule has 4 aromatic rings. The number of aromatic nitrogens is 5. The molecule has 0 bridgehead atoms. The van der Waals surface area contributed by atoms with Crippen molar-refractivity contribution in [3.05, 3.63) is 58.8 Å². The van der Waals surface area contributed by atoms with Crippen molar-refractivity contribution in [1.29, 1.82) is 5.26 Å². The lowest BCUT2D eigenvalue weighted by Crippen LogP contribution is -2.57. The van der Waals surface area contributed by atoms with Gasteiger partial charge in [0.05, 0.1) is 40.8 Å². The van der Waals surface area contributed by atoms with Crippen molar-refractivity contribution in [1.82, 2.24) is 29.2 Å². The number of piperazine rings is 1. The molecule has 0 N–H and O–H groups in total. The van der Waals surface area contributed by atoms with Gasteiger partial charge in [-0.15, -0.1) is 0 Å². The fraction of sp³-hybridized carbons (Fsp3) is 0.516. The Labute approximate surface area is 235 Å². The van der Waals surface area contributed by atoms with Crippen LogP contribution in [0.15, 0.2) is 47.7 Å². The number of fused-ring (bicyclic) bond motifs is 2. The molecule has 2 aliphatic rings. The molecule has 1 aromatic carbocycles. The molecular weight excluding hydrogens is 500 g/mol. The number of hydrogen-bond acceptors (Lipinski definition) is 7. The van der Waals surface area contributed by atoms with Crippen LogP contribution >= 0.6 is 0 Å². The number of nitriles is 1. The van der Waals surface area contributed by atoms with E-state index in [4.69, 9.17) is 5.10 Å². The van der Waals surface area contributed by atoms with E-state index in [2.05, 4.69) is 64.8 Å². The highest BCUT2D eigenvalue weighted by molar-refractivity contribution is 5.88. The highest BCUT2D eigenvalue weighted by atomic mass is 16.1. The highest BCUT2D eigenvalue weighted by Crippen LogP contribution is 2.34. The number of benzene rings is 1. The number of rotatable bonds is 6. The maximum atomic E-state index is 13.1. The zero-order valence-electron chi connectivity index (χ0n) is 23.9. The molecule has 1 saturated heterocycles. The second-order valence-corrected chi connectivity index (χ2v) is 11.8. The molecule has 0 spiro atoms. The van der Waals surface area contributed by atoms with Crippen LogP contribution in [-0.2, 0) is 13.6 Å². The van der Waals surface area contributed by atoms with Crippen LogP contribution in [0, 0.1) is 23.2 Å². The van der Waals surface area contributed by atoms with E-state index in [1.807, 2.05) is 10.9 Å². The number of aryl methyl sites for hydroxylation is 1. The fourth-order valence-corrected chi connectivity index (χ4v) is 6.87. The van der Waals surface area contributed by atoms with E-state index in [1.165, 1.54) is 18.4 Å². The molecule has 1 saturated carbocycles. The van der Waals surface area contributed by atoms with E-state index < -0.39 is 0 Å². The summed E-state index contributed by atoms with van der Waals surface area (Å²) in [5.41, 5.74) is 5.54. The first-order valence-electron chi connectivity index (χ1n) is 14.5. The zero-order valence-corrected chi connectivity index (χ0v) is 23.9. The first-order chi connectivity index (χ1) is 19.3. The molecule has 2 unspecified atom stereocenters. The molecule has 4 heterocycles. The quantitative estimate of drug-likeness (QED) is 0.352. The van der Waals surface area contributed by atoms with Crippen LogP contribution in [0.1, 0.15) is 58.1 Å². The highest BCUT2D eigenvalue weighted by Gasteiger charge is 2.34. The summed E-state index contributed by atoms with van der Waals surface area (Å²) in [4.78, 5) is 26.9. The van der Waals surface area contributed by atoms with Crippen LogP contribution in [-0.4, -0.2) is 54.4 Å². The molecule has 40 heavy (non-hydrogen) atoms. The van der Waals surface area contributed by atoms with Gasteiger partial charge in [0.2, 0.25) is 0 Å². The van der Waals surface area contributed by atoms with Crippen LogP contribution in [0.25, 0.3) is 22.1 Å². The monoisotopic (exact) mass is 538 g/mol. The second-order valence-electron chi connectivity index (χ2n) is 11.8. The minimum Gasteiger partial charge on any atom is -0.364 e. The average Bonchev–Trinajstić information content (AvgIpc) is 3.65. The molecule has 1 aliphatic carbocycles. The number of anilines is 1. The van der Waals surface area contributed by atoms with E-state index in [1.54, 1.807) is 30.1 Å². The van der Waals surface area contributed by atoms with Gasteiger partial charge in [0.25, 0.3) is 5.56 Å². The third kappa shape index (κ3) is 4.75. The number of pyridine rings is 1. The summed E-state index contributed by atoms with van der Waals surface area (Å²) in [6.45, 7) is 8.95. The van der Waals surface area contributed by atoms with Gasteiger partial charge >= 0.3 is 0 Å². The summed E-state index contributed by atoms with van der Waals surface area (Å²) >= 11 is 0. The summed E-state index contributed by atoms with van der Waals surface area (Å²) in [6, 6.07) is 11.3. The van der Waals surface area contributed by atoms with Gasteiger partial charge in [-0.05, 0) is 57.2 Å².